The van der Waals surface area contributed by atoms with Gasteiger partial charge in [-0.25, -0.2) is 8.78 Å². The minimum Gasteiger partial charge on any atom is -0.307 e. The first kappa shape index (κ1) is 13.5. The molecule has 1 unspecified atom stereocenters. The molecule has 1 N–H and O–H groups in total. The molecule has 1 fully saturated rings. The van der Waals surface area contributed by atoms with Gasteiger partial charge >= 0.3 is 0 Å². The summed E-state index contributed by atoms with van der Waals surface area (Å²) in [6.45, 7) is 6.41. The molecule has 100 valence electrons. The third-order valence-electron chi connectivity index (χ3n) is 4.03. The average molecular weight is 253 g/mol. The molecule has 0 spiro atoms. The molecule has 1 aromatic carbocycles. The van der Waals surface area contributed by atoms with E-state index in [9.17, 15) is 8.78 Å². The number of hydrogen-bond acceptors (Lipinski definition) is 1. The summed E-state index contributed by atoms with van der Waals surface area (Å²) < 4.78 is 26.4. The average Bonchev–Trinajstić information content (AvgIpc) is 2.21. The van der Waals surface area contributed by atoms with E-state index in [1.165, 1.54) is 12.1 Å². The van der Waals surface area contributed by atoms with Crippen molar-refractivity contribution in [3.63, 3.8) is 0 Å². The number of nitrogens with one attached hydrogen (secondary N) is 1. The van der Waals surface area contributed by atoms with Crippen molar-refractivity contribution in [2.75, 3.05) is 0 Å². The molecule has 1 nitrogen and oxygen atoms in total. The minimum absolute atomic E-state index is 0.0660. The number of benzene rings is 1. The molecule has 0 radical (unpaired) electrons. The summed E-state index contributed by atoms with van der Waals surface area (Å²) in [4.78, 5) is 0. The highest BCUT2D eigenvalue weighted by atomic mass is 19.1. The monoisotopic (exact) mass is 253 g/mol. The highest BCUT2D eigenvalue weighted by Crippen LogP contribution is 2.35. The van der Waals surface area contributed by atoms with E-state index in [1.54, 1.807) is 0 Å². The second-order valence-corrected chi connectivity index (χ2v) is 5.73. The largest absolute Gasteiger partial charge is 0.307 e. The summed E-state index contributed by atoms with van der Waals surface area (Å²) in [6, 6.07) is 4.20. The molecule has 1 saturated carbocycles. The fourth-order valence-electron chi connectivity index (χ4n) is 2.64. The van der Waals surface area contributed by atoms with Gasteiger partial charge in [0.05, 0.1) is 0 Å². The number of rotatable bonds is 4. The van der Waals surface area contributed by atoms with Crippen molar-refractivity contribution >= 4 is 0 Å². The third-order valence-corrected chi connectivity index (χ3v) is 4.03. The van der Waals surface area contributed by atoms with E-state index in [4.69, 9.17) is 0 Å². The van der Waals surface area contributed by atoms with Gasteiger partial charge in [-0.05, 0) is 37.7 Å². The van der Waals surface area contributed by atoms with Gasteiger partial charge in [-0.3, -0.25) is 0 Å². The Morgan fingerprint density at radius 2 is 1.83 bits per heavy atom. The highest BCUT2D eigenvalue weighted by molar-refractivity contribution is 5.21. The van der Waals surface area contributed by atoms with Crippen LogP contribution in [0.2, 0.25) is 0 Å². The molecule has 0 aliphatic heterocycles. The van der Waals surface area contributed by atoms with Crippen molar-refractivity contribution in [3.05, 3.63) is 35.4 Å². The Balaban J connectivity index is 1.91. The van der Waals surface area contributed by atoms with E-state index in [1.807, 2.05) is 6.92 Å². The maximum absolute atomic E-state index is 13.6. The van der Waals surface area contributed by atoms with E-state index in [-0.39, 0.29) is 6.04 Å². The van der Waals surface area contributed by atoms with Crippen LogP contribution in [0.1, 0.15) is 45.2 Å². The predicted molar refractivity (Wildman–Crippen MR) is 69.3 cm³/mol. The normalized spacial score (nSPS) is 25.0. The van der Waals surface area contributed by atoms with Gasteiger partial charge in [0.25, 0.3) is 0 Å². The zero-order valence-electron chi connectivity index (χ0n) is 11.2. The summed E-state index contributed by atoms with van der Waals surface area (Å²) >= 11 is 0. The van der Waals surface area contributed by atoms with Crippen LogP contribution in [0.3, 0.4) is 0 Å². The molecule has 1 aliphatic rings. The summed E-state index contributed by atoms with van der Waals surface area (Å²) in [7, 11) is 0. The van der Waals surface area contributed by atoms with Crippen molar-refractivity contribution in [1.29, 1.82) is 0 Å². The molecule has 1 aromatic rings. The van der Waals surface area contributed by atoms with Gasteiger partial charge < -0.3 is 5.32 Å². The first-order chi connectivity index (χ1) is 8.47. The van der Waals surface area contributed by atoms with Crippen LogP contribution in [0.15, 0.2) is 18.2 Å². The second kappa shape index (κ2) is 5.35. The summed E-state index contributed by atoms with van der Waals surface area (Å²) in [5.41, 5.74) is 0.546. The molecule has 3 heteroatoms. The summed E-state index contributed by atoms with van der Waals surface area (Å²) in [5, 5.41) is 3.42. The first-order valence-corrected chi connectivity index (χ1v) is 6.68. The Bertz CT molecular complexity index is 411. The van der Waals surface area contributed by atoms with Gasteiger partial charge in [-0.15, -0.1) is 0 Å². The van der Waals surface area contributed by atoms with Crippen molar-refractivity contribution < 1.29 is 8.78 Å². The molecule has 1 atom stereocenters. The second-order valence-electron chi connectivity index (χ2n) is 5.73. The topological polar surface area (TPSA) is 12.0 Å². The third kappa shape index (κ3) is 2.89. The molecule has 0 bridgehead atoms. The van der Waals surface area contributed by atoms with E-state index in [0.29, 0.717) is 11.6 Å². The zero-order valence-corrected chi connectivity index (χ0v) is 11.2. The van der Waals surface area contributed by atoms with Crippen molar-refractivity contribution in [3.8, 4) is 0 Å². The van der Waals surface area contributed by atoms with Gasteiger partial charge in [-0.1, -0.05) is 19.9 Å². The Labute approximate surface area is 108 Å². The van der Waals surface area contributed by atoms with Crippen LogP contribution in [-0.4, -0.2) is 6.04 Å². The summed E-state index contributed by atoms with van der Waals surface area (Å²) in [5.74, 6) is 0.523. The lowest BCUT2D eigenvalue weighted by Crippen LogP contribution is -2.44. The fraction of sp³-hybridized carbons (Fsp3) is 0.600. The Morgan fingerprint density at radius 3 is 2.39 bits per heavy atom. The smallest absolute Gasteiger partial charge is 0.130 e. The molecule has 0 saturated heterocycles. The molecule has 0 aromatic heterocycles. The van der Waals surface area contributed by atoms with Gasteiger partial charge in [-0.2, -0.15) is 0 Å². The Kier molecular flexibility index (Phi) is 4.00. The van der Waals surface area contributed by atoms with E-state index < -0.39 is 11.6 Å². The number of hydrogen-bond donors (Lipinski definition) is 1. The molecule has 0 heterocycles. The van der Waals surface area contributed by atoms with Crippen LogP contribution in [-0.2, 0) is 0 Å². The van der Waals surface area contributed by atoms with Crippen molar-refractivity contribution in [1.82, 2.24) is 5.32 Å². The lowest BCUT2D eigenvalue weighted by molar-refractivity contribution is 0.159. The zero-order chi connectivity index (χ0) is 13.3. The van der Waals surface area contributed by atoms with E-state index >= 15 is 0 Å². The lowest BCUT2D eigenvalue weighted by Gasteiger charge is -2.40. The van der Waals surface area contributed by atoms with Crippen LogP contribution in [0, 0.1) is 23.5 Å². The first-order valence-electron chi connectivity index (χ1n) is 6.68. The molecule has 0 amide bonds. The molecular weight excluding hydrogens is 232 g/mol. The Morgan fingerprint density at radius 1 is 1.17 bits per heavy atom. The van der Waals surface area contributed by atoms with Gasteiger partial charge in [0.2, 0.25) is 0 Å². The maximum Gasteiger partial charge on any atom is 0.130 e. The van der Waals surface area contributed by atoms with Crippen LogP contribution < -0.4 is 5.32 Å². The highest BCUT2D eigenvalue weighted by Gasteiger charge is 2.32. The Hall–Kier alpha value is -0.960. The van der Waals surface area contributed by atoms with E-state index in [0.717, 1.165) is 30.7 Å². The SMILES string of the molecule is CC(NC1CC(C(C)C)C1)c1ccc(F)cc1F. The predicted octanol–water partition coefficient (Wildman–Crippen LogP) is 4.05. The number of halogens is 2. The van der Waals surface area contributed by atoms with Crippen LogP contribution in [0.5, 0.6) is 0 Å². The standard InChI is InChI=1S/C15H21F2N/c1-9(2)11-6-13(7-11)18-10(3)14-5-4-12(16)8-15(14)17/h4-5,8-11,13,18H,6-7H2,1-3H3. The van der Waals surface area contributed by atoms with Crippen molar-refractivity contribution in [2.24, 2.45) is 11.8 Å². The van der Waals surface area contributed by atoms with Gasteiger partial charge in [0.1, 0.15) is 11.6 Å². The molecule has 2 rings (SSSR count). The lowest BCUT2D eigenvalue weighted by atomic mass is 9.73. The van der Waals surface area contributed by atoms with Gasteiger partial charge in [0, 0.05) is 23.7 Å². The molecular formula is C15H21F2N. The quantitative estimate of drug-likeness (QED) is 0.853. The maximum atomic E-state index is 13.6. The molecule has 1 aliphatic carbocycles. The molecule has 18 heavy (non-hydrogen) atoms. The summed E-state index contributed by atoms with van der Waals surface area (Å²) in [6.07, 6.45) is 2.32. The fourth-order valence-corrected chi connectivity index (χ4v) is 2.64. The van der Waals surface area contributed by atoms with E-state index in [2.05, 4.69) is 19.2 Å². The van der Waals surface area contributed by atoms with Gasteiger partial charge in [0.15, 0.2) is 0 Å². The van der Waals surface area contributed by atoms with Crippen LogP contribution in [0.4, 0.5) is 8.78 Å². The minimum atomic E-state index is -0.521. The van der Waals surface area contributed by atoms with Crippen LogP contribution >= 0.6 is 0 Å². The van der Waals surface area contributed by atoms with Crippen molar-refractivity contribution in [2.45, 2.75) is 45.7 Å². The van der Waals surface area contributed by atoms with Crippen LogP contribution in [0.25, 0.3) is 0 Å².